The van der Waals surface area contributed by atoms with E-state index < -0.39 is 5.60 Å². The average molecular weight is 334 g/mol. The number of ether oxygens (including phenoxy) is 1. The number of benzene rings is 1. The first kappa shape index (κ1) is 18.9. The Kier molecular flexibility index (Phi) is 5.68. The number of nitrogens with zero attached hydrogens (tertiary/aromatic N) is 2. The smallest absolute Gasteiger partial charge is 0.337 e. The van der Waals surface area contributed by atoms with Crippen LogP contribution in [-0.2, 0) is 11.3 Å². The Balaban J connectivity index is 1.99. The van der Waals surface area contributed by atoms with E-state index >= 15 is 0 Å². The number of methoxy groups -OCH3 is 1. The quantitative estimate of drug-likeness (QED) is 0.836. The minimum Gasteiger partial charge on any atom is -0.465 e. The molecule has 1 fully saturated rings. The summed E-state index contributed by atoms with van der Waals surface area (Å²) in [6.45, 7) is 12.6. The summed E-state index contributed by atoms with van der Waals surface area (Å²) in [7, 11) is 1.39. The molecule has 1 aromatic carbocycles. The third-order valence-corrected chi connectivity index (χ3v) is 4.51. The number of aliphatic hydroxyl groups is 1. The zero-order chi connectivity index (χ0) is 18.0. The molecule has 0 radical (unpaired) electrons. The first-order chi connectivity index (χ1) is 11.1. The summed E-state index contributed by atoms with van der Waals surface area (Å²) < 4.78 is 4.74. The molecular weight excluding hydrogens is 304 g/mol. The maximum atomic E-state index is 11.5. The molecule has 0 unspecified atom stereocenters. The molecule has 1 aliphatic rings. The van der Waals surface area contributed by atoms with Crippen molar-refractivity contribution >= 4 is 5.97 Å². The van der Waals surface area contributed by atoms with Crippen LogP contribution in [0.3, 0.4) is 0 Å². The first-order valence-corrected chi connectivity index (χ1v) is 8.48. The highest BCUT2D eigenvalue weighted by molar-refractivity contribution is 5.89. The molecule has 1 heterocycles. The van der Waals surface area contributed by atoms with Crippen LogP contribution >= 0.6 is 0 Å². The Bertz CT molecular complexity index is 561. The number of esters is 1. The number of hydrogen-bond donors (Lipinski definition) is 1. The summed E-state index contributed by atoms with van der Waals surface area (Å²) in [6.07, 6.45) is 0. The first-order valence-electron chi connectivity index (χ1n) is 8.48. The summed E-state index contributed by atoms with van der Waals surface area (Å²) in [5.41, 5.74) is 1.13. The van der Waals surface area contributed by atoms with E-state index in [1.807, 2.05) is 38.1 Å². The van der Waals surface area contributed by atoms with Crippen LogP contribution in [0.25, 0.3) is 0 Å². The molecule has 5 heteroatoms. The Morgan fingerprint density at radius 2 is 1.88 bits per heavy atom. The van der Waals surface area contributed by atoms with Crippen molar-refractivity contribution in [2.24, 2.45) is 0 Å². The highest BCUT2D eigenvalue weighted by Gasteiger charge is 2.35. The lowest BCUT2D eigenvalue weighted by Gasteiger charge is -2.48. The summed E-state index contributed by atoms with van der Waals surface area (Å²) in [4.78, 5) is 16.3. The minimum atomic E-state index is -0.665. The molecule has 0 bridgehead atoms. The van der Waals surface area contributed by atoms with Gasteiger partial charge in [0.1, 0.15) is 0 Å². The van der Waals surface area contributed by atoms with E-state index in [2.05, 4.69) is 23.6 Å². The lowest BCUT2D eigenvalue weighted by molar-refractivity contribution is -0.0279. The summed E-state index contributed by atoms with van der Waals surface area (Å²) >= 11 is 0. The van der Waals surface area contributed by atoms with Gasteiger partial charge in [0.15, 0.2) is 0 Å². The number of carbonyl (C=O) groups excluding carboxylic acids is 1. The molecule has 0 amide bonds. The van der Waals surface area contributed by atoms with Gasteiger partial charge in [-0.3, -0.25) is 9.80 Å². The topological polar surface area (TPSA) is 53.0 Å². The lowest BCUT2D eigenvalue weighted by Crippen LogP contribution is -2.60. The molecular formula is C19H30N2O3. The summed E-state index contributed by atoms with van der Waals surface area (Å²) in [5.74, 6) is -0.304. The average Bonchev–Trinajstić information content (AvgIpc) is 2.48. The van der Waals surface area contributed by atoms with E-state index in [4.69, 9.17) is 4.74 Å². The SMILES string of the molecule is COC(=O)c1ccc(CN2CCN(CC(C)(C)O)CC2(C)C)cc1. The van der Waals surface area contributed by atoms with Crippen LogP contribution in [0.4, 0.5) is 0 Å². The Morgan fingerprint density at radius 3 is 2.38 bits per heavy atom. The fraction of sp³-hybridized carbons (Fsp3) is 0.632. The van der Waals surface area contributed by atoms with Crippen molar-refractivity contribution in [3.05, 3.63) is 35.4 Å². The molecule has 0 aromatic heterocycles. The monoisotopic (exact) mass is 334 g/mol. The van der Waals surface area contributed by atoms with Gasteiger partial charge in [-0.2, -0.15) is 0 Å². The normalized spacial score (nSPS) is 19.2. The molecule has 1 N–H and O–H groups in total. The molecule has 1 aliphatic heterocycles. The van der Waals surface area contributed by atoms with Crippen LogP contribution in [0.2, 0.25) is 0 Å². The second kappa shape index (κ2) is 7.21. The van der Waals surface area contributed by atoms with Gasteiger partial charge in [0, 0.05) is 38.3 Å². The fourth-order valence-corrected chi connectivity index (χ4v) is 3.35. The van der Waals surface area contributed by atoms with E-state index in [1.54, 1.807) is 0 Å². The standard InChI is InChI=1S/C19H30N2O3/c1-18(2)13-20(14-19(3,4)23)10-11-21(18)12-15-6-8-16(9-7-15)17(22)24-5/h6-9,23H,10-14H2,1-5H3. The van der Waals surface area contributed by atoms with Crippen LogP contribution in [-0.4, -0.2) is 65.3 Å². The molecule has 0 saturated carbocycles. The van der Waals surface area contributed by atoms with Crippen LogP contribution in [0.1, 0.15) is 43.6 Å². The lowest BCUT2D eigenvalue weighted by atomic mass is 9.96. The van der Waals surface area contributed by atoms with Crippen molar-refractivity contribution in [3.63, 3.8) is 0 Å². The molecule has 134 valence electrons. The van der Waals surface area contributed by atoms with E-state index in [9.17, 15) is 9.90 Å². The van der Waals surface area contributed by atoms with Crippen molar-refractivity contribution in [2.45, 2.75) is 45.4 Å². The zero-order valence-electron chi connectivity index (χ0n) is 15.5. The highest BCUT2D eigenvalue weighted by Crippen LogP contribution is 2.24. The van der Waals surface area contributed by atoms with Crippen molar-refractivity contribution < 1.29 is 14.6 Å². The van der Waals surface area contributed by atoms with Gasteiger partial charge in [0.05, 0.1) is 18.3 Å². The van der Waals surface area contributed by atoms with Crippen molar-refractivity contribution in [1.29, 1.82) is 0 Å². The van der Waals surface area contributed by atoms with Gasteiger partial charge in [-0.25, -0.2) is 4.79 Å². The van der Waals surface area contributed by atoms with Gasteiger partial charge in [0.2, 0.25) is 0 Å². The Morgan fingerprint density at radius 1 is 1.25 bits per heavy atom. The van der Waals surface area contributed by atoms with Gasteiger partial charge < -0.3 is 9.84 Å². The maximum absolute atomic E-state index is 11.5. The third-order valence-electron chi connectivity index (χ3n) is 4.51. The van der Waals surface area contributed by atoms with Crippen LogP contribution in [0, 0.1) is 0 Å². The van der Waals surface area contributed by atoms with Crippen molar-refractivity contribution in [1.82, 2.24) is 9.80 Å². The number of hydrogen-bond acceptors (Lipinski definition) is 5. The summed E-state index contributed by atoms with van der Waals surface area (Å²) in [5, 5.41) is 10.0. The molecule has 0 spiro atoms. The molecule has 1 saturated heterocycles. The largest absolute Gasteiger partial charge is 0.465 e. The van der Waals surface area contributed by atoms with E-state index in [1.165, 1.54) is 12.7 Å². The molecule has 0 aliphatic carbocycles. The van der Waals surface area contributed by atoms with Crippen LogP contribution in [0.15, 0.2) is 24.3 Å². The van der Waals surface area contributed by atoms with Crippen LogP contribution < -0.4 is 0 Å². The van der Waals surface area contributed by atoms with Gasteiger partial charge in [-0.05, 0) is 45.4 Å². The van der Waals surface area contributed by atoms with E-state index in [0.717, 1.165) is 26.2 Å². The second-order valence-electron chi connectivity index (χ2n) is 7.95. The number of rotatable bonds is 5. The molecule has 5 nitrogen and oxygen atoms in total. The maximum Gasteiger partial charge on any atom is 0.337 e. The number of β-amino-alcohol motifs (C(OH)–C–C–N with tert-alkyl or cyclic N) is 1. The Hall–Kier alpha value is -1.43. The summed E-state index contributed by atoms with van der Waals surface area (Å²) in [6, 6.07) is 7.62. The van der Waals surface area contributed by atoms with Gasteiger partial charge >= 0.3 is 5.97 Å². The molecule has 24 heavy (non-hydrogen) atoms. The highest BCUT2D eigenvalue weighted by atomic mass is 16.5. The second-order valence-corrected chi connectivity index (χ2v) is 7.95. The predicted molar refractivity (Wildman–Crippen MR) is 95.0 cm³/mol. The Labute approximate surface area is 145 Å². The predicted octanol–water partition coefficient (Wildman–Crippen LogP) is 2.14. The zero-order valence-corrected chi connectivity index (χ0v) is 15.5. The van der Waals surface area contributed by atoms with Gasteiger partial charge in [-0.1, -0.05) is 12.1 Å². The number of carbonyl (C=O) groups is 1. The van der Waals surface area contributed by atoms with Crippen molar-refractivity contribution in [2.75, 3.05) is 33.3 Å². The third kappa shape index (κ3) is 5.03. The fourth-order valence-electron chi connectivity index (χ4n) is 3.35. The van der Waals surface area contributed by atoms with E-state index in [0.29, 0.717) is 12.1 Å². The van der Waals surface area contributed by atoms with E-state index in [-0.39, 0.29) is 11.5 Å². The van der Waals surface area contributed by atoms with Gasteiger partial charge in [-0.15, -0.1) is 0 Å². The molecule has 0 atom stereocenters. The van der Waals surface area contributed by atoms with Crippen LogP contribution in [0.5, 0.6) is 0 Å². The van der Waals surface area contributed by atoms with Crippen molar-refractivity contribution in [3.8, 4) is 0 Å². The van der Waals surface area contributed by atoms with Gasteiger partial charge in [0.25, 0.3) is 0 Å². The molecule has 1 aromatic rings. The minimum absolute atomic E-state index is 0.0323. The number of piperazine rings is 1. The molecule has 2 rings (SSSR count).